The van der Waals surface area contributed by atoms with Crippen LogP contribution in [0.1, 0.15) is 5.56 Å². The smallest absolute Gasteiger partial charge is 0.262 e. The molecule has 3 N–H and O–H groups in total. The molecular formula is C11H13ClN4O2S. The van der Waals surface area contributed by atoms with Gasteiger partial charge < -0.3 is 5.73 Å². The lowest BCUT2D eigenvalue weighted by molar-refractivity contribution is 0.601. The second-order valence-corrected chi connectivity index (χ2v) is 6.22. The fourth-order valence-electron chi connectivity index (χ4n) is 1.52. The number of rotatable bonds is 3. The third-order valence-electron chi connectivity index (χ3n) is 2.63. The van der Waals surface area contributed by atoms with E-state index in [1.807, 2.05) is 0 Å². The Balaban J connectivity index is 2.40. The number of aromatic nitrogens is 2. The highest BCUT2D eigenvalue weighted by atomic mass is 35.5. The normalized spacial score (nSPS) is 11.5. The number of anilines is 2. The fourth-order valence-corrected chi connectivity index (χ4v) is 2.90. The second kappa shape index (κ2) is 4.75. The van der Waals surface area contributed by atoms with Crippen molar-refractivity contribution >= 4 is 33.0 Å². The summed E-state index contributed by atoms with van der Waals surface area (Å²) in [6, 6.07) is 2.74. The summed E-state index contributed by atoms with van der Waals surface area (Å²) in [7, 11) is -2.04. The van der Waals surface area contributed by atoms with Crippen LogP contribution in [0, 0.1) is 6.92 Å². The minimum atomic E-state index is -3.73. The highest BCUT2D eigenvalue weighted by molar-refractivity contribution is 7.92. The van der Waals surface area contributed by atoms with E-state index in [0.29, 0.717) is 22.0 Å². The van der Waals surface area contributed by atoms with E-state index in [1.54, 1.807) is 20.2 Å². The van der Waals surface area contributed by atoms with Crippen LogP contribution in [-0.2, 0) is 17.1 Å². The molecule has 19 heavy (non-hydrogen) atoms. The highest BCUT2D eigenvalue weighted by Crippen LogP contribution is 2.27. The van der Waals surface area contributed by atoms with Crippen LogP contribution >= 0.6 is 11.6 Å². The van der Waals surface area contributed by atoms with Gasteiger partial charge in [-0.25, -0.2) is 8.42 Å². The number of hydrogen-bond acceptors (Lipinski definition) is 4. The molecule has 102 valence electrons. The van der Waals surface area contributed by atoms with Gasteiger partial charge in [-0.2, -0.15) is 5.10 Å². The van der Waals surface area contributed by atoms with Gasteiger partial charge in [0.15, 0.2) is 0 Å². The number of benzene rings is 1. The Bertz CT molecular complexity index is 701. The molecule has 0 spiro atoms. The number of halogens is 1. The van der Waals surface area contributed by atoms with Crippen molar-refractivity contribution in [1.29, 1.82) is 0 Å². The number of nitrogens with zero attached hydrogens (tertiary/aromatic N) is 2. The topological polar surface area (TPSA) is 90.0 Å². The SMILES string of the molecule is Cc1c(N)cc(S(=O)(=O)Nc2cnn(C)c2)cc1Cl. The molecule has 0 saturated carbocycles. The molecule has 2 aromatic rings. The molecule has 1 heterocycles. The van der Waals surface area contributed by atoms with E-state index in [-0.39, 0.29) is 4.90 Å². The van der Waals surface area contributed by atoms with Crippen molar-refractivity contribution in [1.82, 2.24) is 9.78 Å². The van der Waals surface area contributed by atoms with E-state index in [9.17, 15) is 8.42 Å². The van der Waals surface area contributed by atoms with Gasteiger partial charge in [-0.05, 0) is 24.6 Å². The Morgan fingerprint density at radius 1 is 1.42 bits per heavy atom. The van der Waals surface area contributed by atoms with Crippen LogP contribution in [0.4, 0.5) is 11.4 Å². The van der Waals surface area contributed by atoms with Crippen LogP contribution < -0.4 is 10.5 Å². The molecular weight excluding hydrogens is 288 g/mol. The maximum atomic E-state index is 12.2. The molecule has 0 atom stereocenters. The van der Waals surface area contributed by atoms with Crippen molar-refractivity contribution in [2.24, 2.45) is 7.05 Å². The third-order valence-corrected chi connectivity index (χ3v) is 4.38. The monoisotopic (exact) mass is 300 g/mol. The van der Waals surface area contributed by atoms with E-state index in [4.69, 9.17) is 17.3 Å². The number of nitrogen functional groups attached to an aromatic ring is 1. The van der Waals surface area contributed by atoms with Crippen LogP contribution in [-0.4, -0.2) is 18.2 Å². The summed E-state index contributed by atoms with van der Waals surface area (Å²) in [6.07, 6.45) is 2.97. The molecule has 0 radical (unpaired) electrons. The first-order valence-electron chi connectivity index (χ1n) is 5.36. The van der Waals surface area contributed by atoms with Crippen LogP contribution in [0.5, 0.6) is 0 Å². The van der Waals surface area contributed by atoms with Gasteiger partial charge in [0, 0.05) is 24.0 Å². The van der Waals surface area contributed by atoms with Crippen molar-refractivity contribution in [3.05, 3.63) is 35.1 Å². The van der Waals surface area contributed by atoms with Gasteiger partial charge in [0.2, 0.25) is 0 Å². The van der Waals surface area contributed by atoms with E-state index in [1.165, 1.54) is 23.0 Å². The molecule has 0 bridgehead atoms. The Hall–Kier alpha value is -1.73. The number of aryl methyl sites for hydroxylation is 1. The first kappa shape index (κ1) is 13.7. The number of nitrogens with two attached hydrogens (primary N) is 1. The number of hydrogen-bond donors (Lipinski definition) is 2. The lowest BCUT2D eigenvalue weighted by atomic mass is 10.2. The summed E-state index contributed by atoms with van der Waals surface area (Å²) in [4.78, 5) is 0.0180. The zero-order chi connectivity index (χ0) is 14.2. The molecule has 0 aliphatic rings. The zero-order valence-electron chi connectivity index (χ0n) is 10.4. The third kappa shape index (κ3) is 2.82. The fraction of sp³-hybridized carbons (Fsp3) is 0.182. The van der Waals surface area contributed by atoms with Gasteiger partial charge in [0.25, 0.3) is 10.0 Å². The second-order valence-electron chi connectivity index (χ2n) is 4.13. The molecule has 6 nitrogen and oxygen atoms in total. The van der Waals surface area contributed by atoms with E-state index in [0.717, 1.165) is 0 Å². The molecule has 0 amide bonds. The number of nitrogens with one attached hydrogen (secondary N) is 1. The summed E-state index contributed by atoms with van der Waals surface area (Å²) in [5.74, 6) is 0. The summed E-state index contributed by atoms with van der Waals surface area (Å²) >= 11 is 5.94. The van der Waals surface area contributed by atoms with Gasteiger partial charge in [-0.3, -0.25) is 9.40 Å². The molecule has 0 fully saturated rings. The quantitative estimate of drug-likeness (QED) is 0.845. The van der Waals surface area contributed by atoms with Crippen LogP contribution in [0.3, 0.4) is 0 Å². The van der Waals surface area contributed by atoms with Gasteiger partial charge >= 0.3 is 0 Å². The van der Waals surface area contributed by atoms with Gasteiger partial charge in [0.05, 0.1) is 16.8 Å². The highest BCUT2D eigenvalue weighted by Gasteiger charge is 2.17. The molecule has 1 aromatic heterocycles. The van der Waals surface area contributed by atoms with E-state index >= 15 is 0 Å². The molecule has 8 heteroatoms. The molecule has 2 rings (SSSR count). The minimum absolute atomic E-state index is 0.0180. The summed E-state index contributed by atoms with van der Waals surface area (Å²) in [5.41, 5.74) is 7.08. The van der Waals surface area contributed by atoms with Crippen molar-refractivity contribution in [2.75, 3.05) is 10.5 Å². The lowest BCUT2D eigenvalue weighted by Gasteiger charge is -2.09. The van der Waals surface area contributed by atoms with Crippen molar-refractivity contribution in [3.63, 3.8) is 0 Å². The van der Waals surface area contributed by atoms with Crippen molar-refractivity contribution in [3.8, 4) is 0 Å². The first-order valence-corrected chi connectivity index (χ1v) is 7.23. The lowest BCUT2D eigenvalue weighted by Crippen LogP contribution is -2.13. The van der Waals surface area contributed by atoms with E-state index < -0.39 is 10.0 Å². The summed E-state index contributed by atoms with van der Waals surface area (Å²) < 4.78 is 28.2. The Kier molecular flexibility index (Phi) is 3.42. The van der Waals surface area contributed by atoms with Gasteiger partial charge in [-0.15, -0.1) is 0 Å². The van der Waals surface area contributed by atoms with Gasteiger partial charge in [0.1, 0.15) is 0 Å². The van der Waals surface area contributed by atoms with Crippen LogP contribution in [0.2, 0.25) is 5.02 Å². The minimum Gasteiger partial charge on any atom is -0.398 e. The predicted molar refractivity (Wildman–Crippen MR) is 74.6 cm³/mol. The Labute approximate surface area is 116 Å². The Morgan fingerprint density at radius 3 is 2.63 bits per heavy atom. The molecule has 0 aliphatic heterocycles. The standard InChI is InChI=1S/C11H13ClN4O2S/c1-7-10(12)3-9(4-11(7)13)19(17,18)15-8-5-14-16(2)6-8/h3-6,15H,13H2,1-2H3. The molecule has 0 unspecified atom stereocenters. The average Bonchev–Trinajstić information content (AvgIpc) is 2.70. The largest absolute Gasteiger partial charge is 0.398 e. The summed E-state index contributed by atoms with van der Waals surface area (Å²) in [5, 5.41) is 4.19. The van der Waals surface area contributed by atoms with Crippen LogP contribution in [0.25, 0.3) is 0 Å². The maximum Gasteiger partial charge on any atom is 0.262 e. The number of sulfonamides is 1. The molecule has 0 aliphatic carbocycles. The van der Waals surface area contributed by atoms with Crippen molar-refractivity contribution in [2.45, 2.75) is 11.8 Å². The van der Waals surface area contributed by atoms with Gasteiger partial charge in [-0.1, -0.05) is 11.6 Å². The maximum absolute atomic E-state index is 12.2. The molecule has 1 aromatic carbocycles. The molecule has 0 saturated heterocycles. The average molecular weight is 301 g/mol. The predicted octanol–water partition coefficient (Wildman–Crippen LogP) is 1.76. The Morgan fingerprint density at radius 2 is 2.11 bits per heavy atom. The zero-order valence-corrected chi connectivity index (χ0v) is 12.0. The van der Waals surface area contributed by atoms with Crippen LogP contribution in [0.15, 0.2) is 29.4 Å². The summed E-state index contributed by atoms with van der Waals surface area (Å²) in [6.45, 7) is 1.72. The van der Waals surface area contributed by atoms with Crippen molar-refractivity contribution < 1.29 is 8.42 Å². The van der Waals surface area contributed by atoms with E-state index in [2.05, 4.69) is 9.82 Å². The first-order chi connectivity index (χ1) is 8.79.